The minimum atomic E-state index is -0.981. The molecular weight excluding hydrogens is 136 g/mol. The van der Waals surface area contributed by atoms with Gasteiger partial charge in [-0.1, -0.05) is 13.5 Å². The van der Waals surface area contributed by atoms with Gasteiger partial charge in [0.2, 0.25) is 0 Å². The highest BCUT2D eigenvalue weighted by Crippen LogP contribution is 1.67. The monoisotopic (exact) mass is 148 g/mol. The van der Waals surface area contributed by atoms with Gasteiger partial charge in [-0.15, -0.1) is 0 Å². The van der Waals surface area contributed by atoms with Gasteiger partial charge in [-0.3, -0.25) is 4.79 Å². The van der Waals surface area contributed by atoms with Crippen molar-refractivity contribution in [1.29, 1.82) is 0 Å². The maximum atomic E-state index is 9.37. The molecular formula is C6H12O4. The molecule has 0 aromatic rings. The van der Waals surface area contributed by atoms with Crippen LogP contribution in [0.3, 0.4) is 0 Å². The number of aliphatic carboxylic acids is 2. The first-order valence-electron chi connectivity index (χ1n) is 2.61. The second kappa shape index (κ2) is 7.68. The van der Waals surface area contributed by atoms with Crippen molar-refractivity contribution >= 4 is 11.9 Å². The molecule has 10 heavy (non-hydrogen) atoms. The minimum absolute atomic E-state index is 0. The summed E-state index contributed by atoms with van der Waals surface area (Å²) in [5, 5.41) is 15.3. The third-order valence-corrected chi connectivity index (χ3v) is 0.477. The summed E-state index contributed by atoms with van der Waals surface area (Å²) >= 11 is 0. The van der Waals surface area contributed by atoms with Crippen LogP contribution in [0.5, 0.6) is 0 Å². The van der Waals surface area contributed by atoms with Gasteiger partial charge < -0.3 is 10.2 Å². The molecule has 2 N–H and O–H groups in total. The first-order valence-corrected chi connectivity index (χ1v) is 2.61. The fourth-order valence-electron chi connectivity index (χ4n) is 0. The van der Waals surface area contributed by atoms with E-state index in [4.69, 9.17) is 10.2 Å². The van der Waals surface area contributed by atoms with Crippen molar-refractivity contribution in [2.75, 3.05) is 0 Å². The van der Waals surface area contributed by atoms with E-state index in [9.17, 15) is 9.59 Å². The second-order valence-corrected chi connectivity index (χ2v) is 1.29. The van der Waals surface area contributed by atoms with Gasteiger partial charge in [0, 0.05) is 13.9 Å². The van der Waals surface area contributed by atoms with Crippen LogP contribution in [0.2, 0.25) is 0 Å². The summed E-state index contributed by atoms with van der Waals surface area (Å²) in [4.78, 5) is 18.6. The SMILES string of the molecule is C=CC(=O)O.CCC(=O)O.[HH]. The molecule has 0 amide bonds. The maximum absolute atomic E-state index is 9.37. The van der Waals surface area contributed by atoms with Crippen LogP contribution in [0.4, 0.5) is 0 Å². The summed E-state index contributed by atoms with van der Waals surface area (Å²) < 4.78 is 0. The van der Waals surface area contributed by atoms with E-state index in [0.717, 1.165) is 6.08 Å². The number of carboxylic acid groups (broad SMARTS) is 2. The van der Waals surface area contributed by atoms with Crippen molar-refractivity contribution in [1.82, 2.24) is 0 Å². The van der Waals surface area contributed by atoms with Crippen molar-refractivity contribution in [3.05, 3.63) is 12.7 Å². The Morgan fingerprint density at radius 3 is 1.80 bits per heavy atom. The third kappa shape index (κ3) is 30.0. The zero-order valence-electron chi connectivity index (χ0n) is 5.70. The van der Waals surface area contributed by atoms with Gasteiger partial charge in [0.25, 0.3) is 0 Å². The molecule has 0 radical (unpaired) electrons. The molecule has 0 unspecified atom stereocenters. The molecule has 0 heterocycles. The molecule has 0 aromatic carbocycles. The molecule has 4 heteroatoms. The van der Waals surface area contributed by atoms with Crippen molar-refractivity contribution in [2.24, 2.45) is 0 Å². The lowest BCUT2D eigenvalue weighted by atomic mass is 10.5. The van der Waals surface area contributed by atoms with Gasteiger partial charge in [0.1, 0.15) is 0 Å². The zero-order chi connectivity index (χ0) is 8.57. The fraction of sp³-hybridized carbons (Fsp3) is 0.333. The summed E-state index contributed by atoms with van der Waals surface area (Å²) in [6.07, 6.45) is 1.06. The molecule has 0 saturated heterocycles. The average molecular weight is 148 g/mol. The Balaban J connectivity index is -0.000000107. The number of hydrogen-bond acceptors (Lipinski definition) is 2. The van der Waals surface area contributed by atoms with Gasteiger partial charge in [-0.05, 0) is 0 Å². The summed E-state index contributed by atoms with van der Waals surface area (Å²) in [6, 6.07) is 0. The molecule has 0 aromatic heterocycles. The molecule has 0 aliphatic rings. The predicted molar refractivity (Wildman–Crippen MR) is 37.9 cm³/mol. The molecule has 0 saturated carbocycles. The average Bonchev–Trinajstić information content (AvgIpc) is 1.89. The Bertz CT molecular complexity index is 133. The van der Waals surface area contributed by atoms with Crippen LogP contribution >= 0.6 is 0 Å². The quantitative estimate of drug-likeness (QED) is 0.572. The second-order valence-electron chi connectivity index (χ2n) is 1.29. The van der Waals surface area contributed by atoms with Crippen LogP contribution in [-0.2, 0) is 9.59 Å². The Kier molecular flexibility index (Phi) is 8.81. The van der Waals surface area contributed by atoms with Crippen LogP contribution in [0.25, 0.3) is 0 Å². The van der Waals surface area contributed by atoms with E-state index in [1.54, 1.807) is 6.92 Å². The Labute approximate surface area is 60.3 Å². The number of rotatable bonds is 2. The van der Waals surface area contributed by atoms with E-state index in [-0.39, 0.29) is 7.85 Å². The van der Waals surface area contributed by atoms with Crippen LogP contribution in [-0.4, -0.2) is 22.2 Å². The molecule has 0 fully saturated rings. The van der Waals surface area contributed by atoms with Gasteiger partial charge in [0.15, 0.2) is 0 Å². The lowest BCUT2D eigenvalue weighted by Gasteiger charge is -1.71. The van der Waals surface area contributed by atoms with Crippen molar-refractivity contribution in [3.63, 3.8) is 0 Å². The number of carbonyl (C=O) groups is 2. The summed E-state index contributed by atoms with van der Waals surface area (Å²) in [5.74, 6) is -1.73. The zero-order valence-corrected chi connectivity index (χ0v) is 5.70. The van der Waals surface area contributed by atoms with Crippen LogP contribution in [0.15, 0.2) is 12.7 Å². The van der Waals surface area contributed by atoms with E-state index >= 15 is 0 Å². The molecule has 0 rings (SSSR count). The van der Waals surface area contributed by atoms with Gasteiger partial charge in [-0.25, -0.2) is 4.79 Å². The maximum Gasteiger partial charge on any atom is 0.327 e. The third-order valence-electron chi connectivity index (χ3n) is 0.477. The van der Waals surface area contributed by atoms with Crippen molar-refractivity contribution in [3.8, 4) is 0 Å². The summed E-state index contributed by atoms with van der Waals surface area (Å²) in [5.41, 5.74) is 0. The molecule has 0 spiro atoms. The lowest BCUT2D eigenvalue weighted by Crippen LogP contribution is -1.86. The highest BCUT2D eigenvalue weighted by Gasteiger charge is 1.80. The molecule has 0 bridgehead atoms. The van der Waals surface area contributed by atoms with E-state index in [1.165, 1.54) is 0 Å². The predicted octanol–water partition coefficient (Wildman–Crippen LogP) is 0.984. The molecule has 0 aliphatic heterocycles. The van der Waals surface area contributed by atoms with Crippen molar-refractivity contribution in [2.45, 2.75) is 13.3 Å². The van der Waals surface area contributed by atoms with E-state index < -0.39 is 11.9 Å². The van der Waals surface area contributed by atoms with Gasteiger partial charge >= 0.3 is 11.9 Å². The highest BCUT2D eigenvalue weighted by atomic mass is 16.4. The summed E-state index contributed by atoms with van der Waals surface area (Å²) in [6.45, 7) is 4.56. The molecule has 60 valence electrons. The van der Waals surface area contributed by atoms with Gasteiger partial charge in [0.05, 0.1) is 0 Å². The number of carboxylic acids is 2. The molecule has 0 aliphatic carbocycles. The van der Waals surface area contributed by atoms with Crippen LogP contribution in [0, 0.1) is 0 Å². The molecule has 0 atom stereocenters. The fourth-order valence-corrected chi connectivity index (χ4v) is 0. The smallest absolute Gasteiger partial charge is 0.327 e. The largest absolute Gasteiger partial charge is 0.481 e. The summed E-state index contributed by atoms with van der Waals surface area (Å²) in [7, 11) is 0. The van der Waals surface area contributed by atoms with Gasteiger partial charge in [-0.2, -0.15) is 0 Å². The lowest BCUT2D eigenvalue weighted by molar-refractivity contribution is -0.136. The highest BCUT2D eigenvalue weighted by molar-refractivity contribution is 5.78. The standard InChI is InChI=1S/C3H6O2.C3H4O2.H2/c2*1-2-3(4)5;/h2H2,1H3,(H,4,5);2H,1H2,(H,4,5);1H. The van der Waals surface area contributed by atoms with Crippen LogP contribution < -0.4 is 0 Å². The Hall–Kier alpha value is -1.32. The Morgan fingerprint density at radius 2 is 1.80 bits per heavy atom. The first-order chi connectivity index (χ1) is 4.54. The number of hydrogen-bond donors (Lipinski definition) is 2. The van der Waals surface area contributed by atoms with E-state index in [2.05, 4.69) is 6.58 Å². The Morgan fingerprint density at radius 1 is 1.60 bits per heavy atom. The van der Waals surface area contributed by atoms with Crippen molar-refractivity contribution < 1.29 is 21.2 Å². The molecule has 4 nitrogen and oxygen atoms in total. The van der Waals surface area contributed by atoms with E-state index in [1.807, 2.05) is 0 Å². The topological polar surface area (TPSA) is 74.6 Å². The van der Waals surface area contributed by atoms with Crippen LogP contribution in [0.1, 0.15) is 14.8 Å². The first kappa shape index (κ1) is 11.5. The van der Waals surface area contributed by atoms with E-state index in [0.29, 0.717) is 0 Å². The minimum Gasteiger partial charge on any atom is -0.481 e. The normalized spacial score (nSPS) is 6.90.